The topological polar surface area (TPSA) is 97.4 Å². The fourth-order valence-electron chi connectivity index (χ4n) is 5.89. The molecule has 1 N–H and O–H groups in total. The number of nitrogens with zero attached hydrogens (tertiary/aromatic N) is 2. The van der Waals surface area contributed by atoms with Gasteiger partial charge in [-0.1, -0.05) is 30.3 Å². The largest absolute Gasteiger partial charge is 0.493 e. The fourth-order valence-corrected chi connectivity index (χ4v) is 5.89. The standard InChI is InChI=1S/C33H34F3N3O6/c1-21-7-4-5-10-25(21)31(42)39-26(29(40)37-19-22-8-6-9-24(17-22)33(34,35)36)20-45-32(39)13-15-38(16-14-32)30(41)23-11-12-27(43-2)28(18-23)44-3/h4-12,17-18,26H,13-16,19-20H2,1-3H3,(H,37,40). The Bertz CT molecular complexity index is 1590. The van der Waals surface area contributed by atoms with Crippen molar-refractivity contribution in [1.29, 1.82) is 0 Å². The van der Waals surface area contributed by atoms with Crippen LogP contribution in [-0.4, -0.2) is 73.2 Å². The first-order chi connectivity index (χ1) is 21.5. The Hall–Kier alpha value is -4.58. The lowest BCUT2D eigenvalue weighted by atomic mass is 9.95. The predicted octanol–water partition coefficient (Wildman–Crippen LogP) is 4.82. The van der Waals surface area contributed by atoms with Gasteiger partial charge in [-0.15, -0.1) is 0 Å². The molecule has 2 heterocycles. The normalized spacial score (nSPS) is 17.7. The SMILES string of the molecule is COc1ccc(C(=O)N2CCC3(CC2)OCC(C(=O)NCc2cccc(C(F)(F)F)c2)N3C(=O)c2ccccc2C)cc1OC. The highest BCUT2D eigenvalue weighted by Crippen LogP contribution is 2.39. The first-order valence-electron chi connectivity index (χ1n) is 14.5. The van der Waals surface area contributed by atoms with Crippen LogP contribution < -0.4 is 14.8 Å². The maximum atomic E-state index is 14.1. The van der Waals surface area contributed by atoms with E-state index in [9.17, 15) is 27.6 Å². The molecule has 1 spiro atoms. The Kier molecular flexibility index (Phi) is 9.06. The number of hydrogen-bond donors (Lipinski definition) is 1. The summed E-state index contributed by atoms with van der Waals surface area (Å²) in [6, 6.07) is 15.6. The number of benzene rings is 3. The van der Waals surface area contributed by atoms with Crippen molar-refractivity contribution in [3.63, 3.8) is 0 Å². The number of carbonyl (C=O) groups is 3. The number of halogens is 3. The van der Waals surface area contributed by atoms with Gasteiger partial charge in [0.15, 0.2) is 11.5 Å². The molecule has 3 amide bonds. The minimum absolute atomic E-state index is 0.102. The van der Waals surface area contributed by atoms with Gasteiger partial charge >= 0.3 is 6.18 Å². The van der Waals surface area contributed by atoms with Gasteiger partial charge in [0, 0.05) is 43.6 Å². The number of hydrogen-bond acceptors (Lipinski definition) is 6. The summed E-state index contributed by atoms with van der Waals surface area (Å²) in [7, 11) is 2.99. The van der Waals surface area contributed by atoms with Crippen molar-refractivity contribution in [1.82, 2.24) is 15.1 Å². The van der Waals surface area contributed by atoms with Crippen LogP contribution in [0.3, 0.4) is 0 Å². The third kappa shape index (κ3) is 6.46. The molecule has 2 fully saturated rings. The van der Waals surface area contributed by atoms with Gasteiger partial charge in [-0.2, -0.15) is 13.2 Å². The van der Waals surface area contributed by atoms with Gasteiger partial charge in [0.25, 0.3) is 11.8 Å². The van der Waals surface area contributed by atoms with E-state index in [1.165, 1.54) is 31.3 Å². The zero-order valence-corrected chi connectivity index (χ0v) is 25.1. The Morgan fingerprint density at radius 1 is 0.933 bits per heavy atom. The van der Waals surface area contributed by atoms with Gasteiger partial charge in [0.1, 0.15) is 11.8 Å². The first-order valence-corrected chi connectivity index (χ1v) is 14.5. The Labute approximate surface area is 258 Å². The lowest BCUT2D eigenvalue weighted by molar-refractivity contribution is -0.137. The number of likely N-dealkylation sites (tertiary alicyclic amines) is 1. The number of methoxy groups -OCH3 is 2. The summed E-state index contributed by atoms with van der Waals surface area (Å²) >= 11 is 0. The quantitative estimate of drug-likeness (QED) is 0.405. The molecule has 1 unspecified atom stereocenters. The van der Waals surface area contributed by atoms with Crippen molar-refractivity contribution < 1.29 is 41.8 Å². The minimum atomic E-state index is -4.52. The lowest BCUT2D eigenvalue weighted by Crippen LogP contribution is -2.59. The number of amides is 3. The number of aryl methyl sites for hydroxylation is 1. The zero-order chi connectivity index (χ0) is 32.4. The van der Waals surface area contributed by atoms with E-state index < -0.39 is 35.3 Å². The van der Waals surface area contributed by atoms with E-state index in [4.69, 9.17) is 14.2 Å². The number of rotatable bonds is 7. The molecule has 45 heavy (non-hydrogen) atoms. The molecule has 3 aromatic rings. The van der Waals surface area contributed by atoms with Gasteiger partial charge in [0.05, 0.1) is 26.4 Å². The van der Waals surface area contributed by atoms with Gasteiger partial charge in [-0.3, -0.25) is 19.3 Å². The molecule has 0 aliphatic carbocycles. The number of piperidine rings is 1. The molecule has 0 bridgehead atoms. The van der Waals surface area contributed by atoms with E-state index >= 15 is 0 Å². The van der Waals surface area contributed by atoms with E-state index in [1.54, 1.807) is 54.3 Å². The second kappa shape index (κ2) is 12.8. The predicted molar refractivity (Wildman–Crippen MR) is 158 cm³/mol. The lowest BCUT2D eigenvalue weighted by Gasteiger charge is -2.44. The van der Waals surface area contributed by atoms with Crippen LogP contribution in [0.2, 0.25) is 0 Å². The van der Waals surface area contributed by atoms with Gasteiger partial charge in [-0.05, 0) is 54.4 Å². The number of nitrogens with one attached hydrogen (secondary N) is 1. The molecule has 9 nitrogen and oxygen atoms in total. The Morgan fingerprint density at radius 2 is 1.64 bits per heavy atom. The highest BCUT2D eigenvalue weighted by atomic mass is 19.4. The summed E-state index contributed by atoms with van der Waals surface area (Å²) in [6.07, 6.45) is -4.01. The van der Waals surface area contributed by atoms with Crippen molar-refractivity contribution in [2.24, 2.45) is 0 Å². The summed E-state index contributed by atoms with van der Waals surface area (Å²) < 4.78 is 56.5. The second-order valence-corrected chi connectivity index (χ2v) is 11.0. The third-order valence-corrected chi connectivity index (χ3v) is 8.34. The fraction of sp³-hybridized carbons (Fsp3) is 0.364. The summed E-state index contributed by atoms with van der Waals surface area (Å²) in [5.74, 6) is -0.255. The van der Waals surface area contributed by atoms with Crippen LogP contribution >= 0.6 is 0 Å². The highest BCUT2D eigenvalue weighted by molar-refractivity contribution is 5.99. The first kappa shape index (κ1) is 31.8. The molecule has 0 saturated carbocycles. The van der Waals surface area contributed by atoms with Crippen LogP contribution in [0.15, 0.2) is 66.7 Å². The Morgan fingerprint density at radius 3 is 2.31 bits per heavy atom. The van der Waals surface area contributed by atoms with E-state index in [1.807, 2.05) is 0 Å². The van der Waals surface area contributed by atoms with Crippen LogP contribution in [0, 0.1) is 6.92 Å². The van der Waals surface area contributed by atoms with Crippen LogP contribution in [0.25, 0.3) is 0 Å². The molecule has 3 aromatic carbocycles. The molecule has 2 aliphatic rings. The molecule has 238 valence electrons. The van der Waals surface area contributed by atoms with Crippen molar-refractivity contribution in [3.05, 3.63) is 94.5 Å². The van der Waals surface area contributed by atoms with Gasteiger partial charge < -0.3 is 24.4 Å². The minimum Gasteiger partial charge on any atom is -0.493 e. The molecule has 0 aromatic heterocycles. The van der Waals surface area contributed by atoms with Gasteiger partial charge in [0.2, 0.25) is 5.91 Å². The molecule has 5 rings (SSSR count). The van der Waals surface area contributed by atoms with Crippen molar-refractivity contribution in [3.8, 4) is 11.5 Å². The molecule has 12 heteroatoms. The van der Waals surface area contributed by atoms with Crippen molar-refractivity contribution >= 4 is 17.7 Å². The maximum Gasteiger partial charge on any atom is 0.416 e. The van der Waals surface area contributed by atoms with Crippen LogP contribution in [0.4, 0.5) is 13.2 Å². The van der Waals surface area contributed by atoms with Crippen molar-refractivity contribution in [2.45, 2.75) is 44.3 Å². The molecule has 2 saturated heterocycles. The summed E-state index contributed by atoms with van der Waals surface area (Å²) in [5, 5.41) is 2.69. The highest BCUT2D eigenvalue weighted by Gasteiger charge is 2.54. The van der Waals surface area contributed by atoms with Gasteiger partial charge in [-0.25, -0.2) is 0 Å². The zero-order valence-electron chi connectivity index (χ0n) is 25.1. The molecule has 0 radical (unpaired) electrons. The molecular formula is C33H34F3N3O6. The smallest absolute Gasteiger partial charge is 0.416 e. The van der Waals surface area contributed by atoms with Crippen LogP contribution in [0.5, 0.6) is 11.5 Å². The van der Waals surface area contributed by atoms with Crippen molar-refractivity contribution in [2.75, 3.05) is 33.9 Å². The van der Waals surface area contributed by atoms with E-state index in [0.717, 1.165) is 12.1 Å². The van der Waals surface area contributed by atoms with E-state index in [2.05, 4.69) is 5.32 Å². The monoisotopic (exact) mass is 625 g/mol. The second-order valence-electron chi connectivity index (χ2n) is 11.0. The van der Waals surface area contributed by atoms with Crippen LogP contribution in [-0.2, 0) is 22.3 Å². The summed E-state index contributed by atoms with van der Waals surface area (Å²) in [6.45, 7) is 2.04. The average molecular weight is 626 g/mol. The third-order valence-electron chi connectivity index (χ3n) is 8.34. The number of alkyl halides is 3. The molecule has 1 atom stereocenters. The van der Waals surface area contributed by atoms with E-state index in [0.29, 0.717) is 28.2 Å². The number of ether oxygens (including phenoxy) is 3. The number of carbonyl (C=O) groups excluding carboxylic acids is 3. The molecular weight excluding hydrogens is 591 g/mol. The molecule has 2 aliphatic heterocycles. The maximum absolute atomic E-state index is 14.1. The Balaban J connectivity index is 1.36. The van der Waals surface area contributed by atoms with Crippen LogP contribution in [0.1, 0.15) is 50.2 Å². The summed E-state index contributed by atoms with van der Waals surface area (Å²) in [5.41, 5.74) is -0.175. The van der Waals surface area contributed by atoms with E-state index in [-0.39, 0.29) is 50.6 Å². The summed E-state index contributed by atoms with van der Waals surface area (Å²) in [4.78, 5) is 44.1. The average Bonchev–Trinajstić information content (AvgIpc) is 3.41.